The van der Waals surface area contributed by atoms with E-state index in [-0.39, 0.29) is 5.56 Å². The number of aromatic amines is 1. The average molecular weight is 249 g/mol. The average Bonchev–Trinajstić information content (AvgIpc) is 2.85. The first-order chi connectivity index (χ1) is 8.67. The van der Waals surface area contributed by atoms with Gasteiger partial charge in [-0.2, -0.15) is 0 Å². The maximum absolute atomic E-state index is 11.5. The van der Waals surface area contributed by atoms with Gasteiger partial charge in [0.25, 0.3) is 5.56 Å². The highest BCUT2D eigenvalue weighted by molar-refractivity contribution is 5.33. The van der Waals surface area contributed by atoms with Crippen LogP contribution in [0.2, 0.25) is 0 Å². The largest absolute Gasteiger partial charge is 0.369 e. The van der Waals surface area contributed by atoms with Crippen LogP contribution in [0.3, 0.4) is 0 Å². The summed E-state index contributed by atoms with van der Waals surface area (Å²) in [5.74, 6) is 1.47. The van der Waals surface area contributed by atoms with Crippen molar-refractivity contribution < 1.29 is 0 Å². The third kappa shape index (κ3) is 2.92. The summed E-state index contributed by atoms with van der Waals surface area (Å²) in [5.41, 5.74) is 0.345. The van der Waals surface area contributed by atoms with E-state index in [9.17, 15) is 4.79 Å². The van der Waals surface area contributed by atoms with Gasteiger partial charge in [0.15, 0.2) is 0 Å². The molecule has 0 bridgehead atoms. The van der Waals surface area contributed by atoms with Gasteiger partial charge in [0.2, 0.25) is 0 Å². The standard InChI is InChI=1S/C14H23N3O/c1-3-11-16-12(9-13(18)17-11)15-10-14(4-2)7-5-6-8-14/h9H,3-8,10H2,1-2H3,(H2,15,16,17,18). The van der Waals surface area contributed by atoms with Crippen molar-refractivity contribution >= 4 is 5.82 Å². The number of nitrogens with zero attached hydrogens (tertiary/aromatic N) is 1. The van der Waals surface area contributed by atoms with Gasteiger partial charge >= 0.3 is 0 Å². The molecule has 1 aliphatic carbocycles. The van der Waals surface area contributed by atoms with Gasteiger partial charge in [-0.05, 0) is 24.7 Å². The number of nitrogens with one attached hydrogen (secondary N) is 2. The lowest BCUT2D eigenvalue weighted by Crippen LogP contribution is -2.27. The summed E-state index contributed by atoms with van der Waals surface area (Å²) in [6.07, 6.45) is 7.20. The number of H-pyrrole nitrogens is 1. The number of aryl methyl sites for hydroxylation is 1. The van der Waals surface area contributed by atoms with E-state index in [1.165, 1.54) is 32.1 Å². The van der Waals surface area contributed by atoms with Crippen LogP contribution >= 0.6 is 0 Å². The van der Waals surface area contributed by atoms with Gasteiger partial charge in [-0.3, -0.25) is 4.79 Å². The molecule has 1 heterocycles. The van der Waals surface area contributed by atoms with Crippen LogP contribution in [0.15, 0.2) is 10.9 Å². The Hall–Kier alpha value is -1.32. The first-order valence-corrected chi connectivity index (χ1v) is 7.01. The van der Waals surface area contributed by atoms with Crippen LogP contribution in [-0.2, 0) is 6.42 Å². The van der Waals surface area contributed by atoms with Crippen molar-refractivity contribution in [2.75, 3.05) is 11.9 Å². The topological polar surface area (TPSA) is 57.8 Å². The highest BCUT2D eigenvalue weighted by Gasteiger charge is 2.31. The molecule has 0 aliphatic heterocycles. The van der Waals surface area contributed by atoms with Gasteiger partial charge in [-0.25, -0.2) is 4.98 Å². The summed E-state index contributed by atoms with van der Waals surface area (Å²) in [5, 5.41) is 3.36. The molecule has 1 aliphatic rings. The summed E-state index contributed by atoms with van der Waals surface area (Å²) < 4.78 is 0. The van der Waals surface area contributed by atoms with Crippen molar-refractivity contribution in [3.05, 3.63) is 22.2 Å². The van der Waals surface area contributed by atoms with Gasteiger partial charge in [-0.15, -0.1) is 0 Å². The fourth-order valence-electron chi connectivity index (χ4n) is 2.82. The molecule has 0 atom stereocenters. The lowest BCUT2D eigenvalue weighted by atomic mass is 9.83. The van der Waals surface area contributed by atoms with E-state index < -0.39 is 0 Å². The van der Waals surface area contributed by atoms with Crippen molar-refractivity contribution in [2.45, 2.75) is 52.4 Å². The third-order valence-corrected chi connectivity index (χ3v) is 4.18. The van der Waals surface area contributed by atoms with Crippen LogP contribution in [0.1, 0.15) is 51.8 Å². The molecule has 0 unspecified atom stereocenters. The van der Waals surface area contributed by atoms with Gasteiger partial charge in [-0.1, -0.05) is 26.7 Å². The van der Waals surface area contributed by atoms with Crippen LogP contribution in [0.5, 0.6) is 0 Å². The number of hydrogen-bond acceptors (Lipinski definition) is 3. The molecule has 1 aromatic rings. The van der Waals surface area contributed by atoms with Crippen LogP contribution in [0, 0.1) is 5.41 Å². The maximum atomic E-state index is 11.5. The molecule has 100 valence electrons. The smallest absolute Gasteiger partial charge is 0.252 e. The summed E-state index contributed by atoms with van der Waals surface area (Å²) >= 11 is 0. The SMILES string of the molecule is CCc1nc(NCC2(CC)CCCC2)cc(=O)[nH]1. The molecular formula is C14H23N3O. The lowest BCUT2D eigenvalue weighted by Gasteiger charge is -2.27. The van der Waals surface area contributed by atoms with Crippen molar-refractivity contribution in [3.8, 4) is 0 Å². The Morgan fingerprint density at radius 2 is 2.11 bits per heavy atom. The Morgan fingerprint density at radius 3 is 2.72 bits per heavy atom. The minimum Gasteiger partial charge on any atom is -0.369 e. The highest BCUT2D eigenvalue weighted by Crippen LogP contribution is 2.40. The zero-order valence-electron chi connectivity index (χ0n) is 11.4. The molecule has 1 aromatic heterocycles. The molecule has 1 saturated carbocycles. The summed E-state index contributed by atoms with van der Waals surface area (Å²) in [4.78, 5) is 18.6. The van der Waals surface area contributed by atoms with E-state index in [1.54, 1.807) is 6.07 Å². The first kappa shape index (κ1) is 13.1. The molecule has 2 N–H and O–H groups in total. The van der Waals surface area contributed by atoms with Crippen LogP contribution in [0.25, 0.3) is 0 Å². The predicted octanol–water partition coefficient (Wildman–Crippen LogP) is 2.71. The van der Waals surface area contributed by atoms with Gasteiger partial charge in [0.1, 0.15) is 11.6 Å². The second-order valence-electron chi connectivity index (χ2n) is 5.35. The molecule has 1 fully saturated rings. The molecule has 4 nitrogen and oxygen atoms in total. The predicted molar refractivity (Wildman–Crippen MR) is 73.9 cm³/mol. The Bertz CT molecular complexity index is 447. The van der Waals surface area contributed by atoms with Gasteiger partial charge in [0.05, 0.1) is 0 Å². The Morgan fingerprint density at radius 1 is 1.39 bits per heavy atom. The van der Waals surface area contributed by atoms with Crippen LogP contribution in [-0.4, -0.2) is 16.5 Å². The minimum atomic E-state index is -0.0682. The molecule has 4 heteroatoms. The maximum Gasteiger partial charge on any atom is 0.252 e. The van der Waals surface area contributed by atoms with E-state index >= 15 is 0 Å². The Balaban J connectivity index is 2.05. The lowest BCUT2D eigenvalue weighted by molar-refractivity contribution is 0.306. The van der Waals surface area contributed by atoms with E-state index in [0.717, 1.165) is 24.6 Å². The highest BCUT2D eigenvalue weighted by atomic mass is 16.1. The summed E-state index contributed by atoms with van der Waals surface area (Å²) in [6, 6.07) is 1.55. The molecule has 0 radical (unpaired) electrons. The molecule has 0 aromatic carbocycles. The fourth-order valence-corrected chi connectivity index (χ4v) is 2.82. The van der Waals surface area contributed by atoms with E-state index in [0.29, 0.717) is 5.41 Å². The van der Waals surface area contributed by atoms with Crippen molar-refractivity contribution in [2.24, 2.45) is 5.41 Å². The monoisotopic (exact) mass is 249 g/mol. The van der Waals surface area contributed by atoms with Gasteiger partial charge in [0, 0.05) is 19.0 Å². The van der Waals surface area contributed by atoms with Crippen LogP contribution < -0.4 is 10.9 Å². The number of hydrogen-bond donors (Lipinski definition) is 2. The zero-order valence-corrected chi connectivity index (χ0v) is 11.4. The number of rotatable bonds is 5. The molecule has 0 amide bonds. The van der Waals surface area contributed by atoms with Gasteiger partial charge < -0.3 is 10.3 Å². The first-order valence-electron chi connectivity index (χ1n) is 7.01. The fraction of sp³-hybridized carbons (Fsp3) is 0.714. The van der Waals surface area contributed by atoms with E-state index in [4.69, 9.17) is 0 Å². The molecule has 0 saturated heterocycles. The third-order valence-electron chi connectivity index (χ3n) is 4.18. The summed E-state index contributed by atoms with van der Waals surface area (Å²) in [6.45, 7) is 5.19. The number of aromatic nitrogens is 2. The second kappa shape index (κ2) is 5.55. The molecule has 18 heavy (non-hydrogen) atoms. The van der Waals surface area contributed by atoms with E-state index in [1.807, 2.05) is 6.92 Å². The Labute approximate surface area is 108 Å². The normalized spacial score (nSPS) is 17.9. The number of anilines is 1. The Kier molecular flexibility index (Phi) is 4.04. The van der Waals surface area contributed by atoms with Crippen molar-refractivity contribution in [1.82, 2.24) is 9.97 Å². The minimum absolute atomic E-state index is 0.0682. The van der Waals surface area contributed by atoms with E-state index in [2.05, 4.69) is 22.2 Å². The van der Waals surface area contributed by atoms with Crippen molar-refractivity contribution in [3.63, 3.8) is 0 Å². The quantitative estimate of drug-likeness (QED) is 0.843. The van der Waals surface area contributed by atoms with Crippen molar-refractivity contribution in [1.29, 1.82) is 0 Å². The molecular weight excluding hydrogens is 226 g/mol. The summed E-state index contributed by atoms with van der Waals surface area (Å²) in [7, 11) is 0. The molecule has 0 spiro atoms. The zero-order chi connectivity index (χ0) is 13.0. The molecule has 2 rings (SSSR count). The second-order valence-corrected chi connectivity index (χ2v) is 5.35. The van der Waals surface area contributed by atoms with Crippen LogP contribution in [0.4, 0.5) is 5.82 Å².